The van der Waals surface area contributed by atoms with Gasteiger partial charge in [0.2, 0.25) is 0 Å². The molecule has 0 amide bonds. The van der Waals surface area contributed by atoms with Gasteiger partial charge in [-0.15, -0.1) is 11.6 Å². The van der Waals surface area contributed by atoms with Crippen molar-refractivity contribution in [3.05, 3.63) is 48.0 Å². The number of benzene rings is 1. The first-order chi connectivity index (χ1) is 9.28. The van der Waals surface area contributed by atoms with Gasteiger partial charge in [-0.3, -0.25) is 9.97 Å². The first kappa shape index (κ1) is 12.0. The SMILES string of the molecule is Cc1nc(-c2ccc3nccnc3c2)ncc1CCl. The molecule has 0 saturated carbocycles. The molecular formula is C14H11ClN4. The van der Waals surface area contributed by atoms with Gasteiger partial charge in [-0.25, -0.2) is 9.97 Å². The molecule has 2 heterocycles. The minimum atomic E-state index is 0.426. The number of fused-ring (bicyclic) bond motifs is 1. The number of aromatic nitrogens is 4. The van der Waals surface area contributed by atoms with Crippen LogP contribution in [0.4, 0.5) is 0 Å². The Morgan fingerprint density at radius 2 is 1.84 bits per heavy atom. The van der Waals surface area contributed by atoms with E-state index in [1.807, 2.05) is 25.1 Å². The molecule has 1 aromatic carbocycles. The summed E-state index contributed by atoms with van der Waals surface area (Å²) in [5, 5.41) is 0. The highest BCUT2D eigenvalue weighted by Crippen LogP contribution is 2.20. The fraction of sp³-hybridized carbons (Fsp3) is 0.143. The lowest BCUT2D eigenvalue weighted by atomic mass is 10.1. The number of hydrogen-bond donors (Lipinski definition) is 0. The first-order valence-corrected chi connectivity index (χ1v) is 6.41. The van der Waals surface area contributed by atoms with E-state index in [0.717, 1.165) is 27.9 Å². The molecule has 0 atom stereocenters. The molecule has 0 unspecified atom stereocenters. The van der Waals surface area contributed by atoms with E-state index in [0.29, 0.717) is 11.7 Å². The van der Waals surface area contributed by atoms with E-state index in [4.69, 9.17) is 11.6 Å². The van der Waals surface area contributed by atoms with Gasteiger partial charge in [0.15, 0.2) is 5.82 Å². The van der Waals surface area contributed by atoms with Gasteiger partial charge in [0, 0.05) is 35.4 Å². The van der Waals surface area contributed by atoms with E-state index >= 15 is 0 Å². The van der Waals surface area contributed by atoms with Crippen LogP contribution in [0.2, 0.25) is 0 Å². The van der Waals surface area contributed by atoms with E-state index < -0.39 is 0 Å². The zero-order valence-corrected chi connectivity index (χ0v) is 11.1. The normalized spacial score (nSPS) is 10.8. The molecule has 3 rings (SSSR count). The second-order valence-electron chi connectivity index (χ2n) is 4.20. The molecular weight excluding hydrogens is 260 g/mol. The number of alkyl halides is 1. The molecule has 19 heavy (non-hydrogen) atoms. The second kappa shape index (κ2) is 4.90. The molecule has 0 aliphatic heterocycles. The zero-order chi connectivity index (χ0) is 13.2. The number of hydrogen-bond acceptors (Lipinski definition) is 4. The molecule has 94 valence electrons. The molecule has 0 N–H and O–H groups in total. The van der Waals surface area contributed by atoms with Crippen molar-refractivity contribution in [2.24, 2.45) is 0 Å². The van der Waals surface area contributed by atoms with Crippen molar-refractivity contribution in [2.45, 2.75) is 12.8 Å². The van der Waals surface area contributed by atoms with Crippen LogP contribution in [0.3, 0.4) is 0 Å². The Morgan fingerprint density at radius 1 is 1.05 bits per heavy atom. The quantitative estimate of drug-likeness (QED) is 0.671. The molecule has 0 saturated heterocycles. The summed E-state index contributed by atoms with van der Waals surface area (Å²) in [6.07, 6.45) is 5.12. The third kappa shape index (κ3) is 2.27. The summed E-state index contributed by atoms with van der Waals surface area (Å²) in [7, 11) is 0. The summed E-state index contributed by atoms with van der Waals surface area (Å²) in [5.74, 6) is 1.11. The standard InChI is InChI=1S/C14H11ClN4/c1-9-11(7-15)8-18-14(19-9)10-2-3-12-13(6-10)17-5-4-16-12/h2-6,8H,7H2,1H3. The Hall–Kier alpha value is -2.07. The van der Waals surface area contributed by atoms with Crippen molar-refractivity contribution >= 4 is 22.6 Å². The van der Waals surface area contributed by atoms with Crippen molar-refractivity contribution in [2.75, 3.05) is 0 Å². The lowest BCUT2D eigenvalue weighted by Crippen LogP contribution is -1.96. The van der Waals surface area contributed by atoms with Crippen LogP contribution in [0.25, 0.3) is 22.4 Å². The summed E-state index contributed by atoms with van der Waals surface area (Å²) < 4.78 is 0. The van der Waals surface area contributed by atoms with Crippen LogP contribution in [0, 0.1) is 6.92 Å². The predicted molar refractivity (Wildman–Crippen MR) is 74.9 cm³/mol. The molecule has 0 fully saturated rings. The van der Waals surface area contributed by atoms with Gasteiger partial charge in [-0.05, 0) is 25.1 Å². The van der Waals surface area contributed by atoms with Crippen molar-refractivity contribution in [1.82, 2.24) is 19.9 Å². The van der Waals surface area contributed by atoms with Crippen LogP contribution < -0.4 is 0 Å². The number of halogens is 1. The highest BCUT2D eigenvalue weighted by molar-refractivity contribution is 6.17. The van der Waals surface area contributed by atoms with Gasteiger partial charge >= 0.3 is 0 Å². The Morgan fingerprint density at radius 3 is 2.58 bits per heavy atom. The van der Waals surface area contributed by atoms with E-state index in [-0.39, 0.29) is 0 Å². The molecule has 0 aliphatic rings. The molecule has 4 nitrogen and oxygen atoms in total. The maximum Gasteiger partial charge on any atom is 0.159 e. The lowest BCUT2D eigenvalue weighted by Gasteiger charge is -2.05. The average Bonchev–Trinajstić information content (AvgIpc) is 2.46. The van der Waals surface area contributed by atoms with Crippen LogP contribution >= 0.6 is 11.6 Å². The Labute approximate surface area is 115 Å². The summed E-state index contributed by atoms with van der Waals surface area (Å²) >= 11 is 5.81. The fourth-order valence-corrected chi connectivity index (χ4v) is 2.13. The molecule has 2 aromatic heterocycles. The van der Waals surface area contributed by atoms with Gasteiger partial charge < -0.3 is 0 Å². The molecule has 5 heteroatoms. The van der Waals surface area contributed by atoms with Gasteiger partial charge in [0.1, 0.15) is 0 Å². The summed E-state index contributed by atoms with van der Waals surface area (Å²) in [6.45, 7) is 1.93. The number of aryl methyl sites for hydroxylation is 1. The van der Waals surface area contributed by atoms with E-state index in [1.54, 1.807) is 18.6 Å². The fourth-order valence-electron chi connectivity index (χ4n) is 1.86. The molecule has 0 spiro atoms. The zero-order valence-electron chi connectivity index (χ0n) is 10.3. The summed E-state index contributed by atoms with van der Waals surface area (Å²) in [5.41, 5.74) is 4.48. The van der Waals surface area contributed by atoms with E-state index in [1.165, 1.54) is 0 Å². The van der Waals surface area contributed by atoms with Crippen molar-refractivity contribution in [3.63, 3.8) is 0 Å². The minimum Gasteiger partial charge on any atom is -0.253 e. The Balaban J connectivity index is 2.11. The van der Waals surface area contributed by atoms with E-state index in [9.17, 15) is 0 Å². The van der Waals surface area contributed by atoms with Crippen molar-refractivity contribution < 1.29 is 0 Å². The van der Waals surface area contributed by atoms with Gasteiger partial charge in [-0.1, -0.05) is 0 Å². The van der Waals surface area contributed by atoms with Crippen molar-refractivity contribution in [1.29, 1.82) is 0 Å². The van der Waals surface area contributed by atoms with Crippen LogP contribution in [0.5, 0.6) is 0 Å². The van der Waals surface area contributed by atoms with Crippen LogP contribution in [0.1, 0.15) is 11.3 Å². The van der Waals surface area contributed by atoms with Crippen LogP contribution in [0.15, 0.2) is 36.8 Å². The molecule has 3 aromatic rings. The predicted octanol–water partition coefficient (Wildman–Crippen LogP) is 3.13. The minimum absolute atomic E-state index is 0.426. The van der Waals surface area contributed by atoms with Gasteiger partial charge in [0.05, 0.1) is 16.9 Å². The largest absolute Gasteiger partial charge is 0.253 e. The highest BCUT2D eigenvalue weighted by atomic mass is 35.5. The maximum absolute atomic E-state index is 5.81. The van der Waals surface area contributed by atoms with Crippen molar-refractivity contribution in [3.8, 4) is 11.4 Å². The molecule has 0 aliphatic carbocycles. The van der Waals surface area contributed by atoms with Gasteiger partial charge in [0.25, 0.3) is 0 Å². The third-order valence-corrected chi connectivity index (χ3v) is 3.24. The molecule has 0 bridgehead atoms. The van der Waals surface area contributed by atoms with Crippen LogP contribution in [-0.4, -0.2) is 19.9 Å². The average molecular weight is 271 g/mol. The smallest absolute Gasteiger partial charge is 0.159 e. The Bertz CT molecular complexity index is 742. The second-order valence-corrected chi connectivity index (χ2v) is 4.46. The van der Waals surface area contributed by atoms with E-state index in [2.05, 4.69) is 19.9 Å². The number of nitrogens with zero attached hydrogens (tertiary/aromatic N) is 4. The monoisotopic (exact) mass is 270 g/mol. The highest BCUT2D eigenvalue weighted by Gasteiger charge is 2.06. The summed E-state index contributed by atoms with van der Waals surface area (Å²) in [6, 6.07) is 5.81. The maximum atomic E-state index is 5.81. The third-order valence-electron chi connectivity index (χ3n) is 2.95. The molecule has 0 radical (unpaired) electrons. The first-order valence-electron chi connectivity index (χ1n) is 5.87. The lowest BCUT2D eigenvalue weighted by molar-refractivity contribution is 1.06. The topological polar surface area (TPSA) is 51.6 Å². The Kier molecular flexibility index (Phi) is 3.09. The summed E-state index contributed by atoms with van der Waals surface area (Å²) in [4.78, 5) is 17.3. The van der Waals surface area contributed by atoms with Crippen LogP contribution in [-0.2, 0) is 5.88 Å². The number of rotatable bonds is 2. The van der Waals surface area contributed by atoms with Gasteiger partial charge in [-0.2, -0.15) is 0 Å².